The normalized spacial score (nSPS) is 19.8. The van der Waals surface area contributed by atoms with Crippen molar-refractivity contribution < 1.29 is 19.3 Å². The predicted molar refractivity (Wildman–Crippen MR) is 111 cm³/mol. The van der Waals surface area contributed by atoms with Crippen LogP contribution < -0.4 is 5.32 Å². The van der Waals surface area contributed by atoms with Gasteiger partial charge in [0.1, 0.15) is 0 Å². The topological polar surface area (TPSA) is 60.0 Å². The standard InChI is InChI=1S/C22H45NO4/c1-2-3-4-5-6-7-8-9-10-11-16-26-20-22-13-12-21(27-22)19-23-14-17-25-18-15-24/h21-24H,2-20H2,1H3/t21-,22+/m0/s1. The van der Waals surface area contributed by atoms with E-state index in [4.69, 9.17) is 19.3 Å². The largest absolute Gasteiger partial charge is 0.394 e. The number of hydrogen-bond acceptors (Lipinski definition) is 5. The molecule has 1 fully saturated rings. The quantitative estimate of drug-likeness (QED) is 0.308. The van der Waals surface area contributed by atoms with Gasteiger partial charge in [-0.3, -0.25) is 0 Å². The molecule has 162 valence electrons. The molecule has 0 radical (unpaired) electrons. The minimum Gasteiger partial charge on any atom is -0.394 e. The van der Waals surface area contributed by atoms with Crippen LogP contribution in [0.15, 0.2) is 0 Å². The zero-order valence-electron chi connectivity index (χ0n) is 17.8. The predicted octanol–water partition coefficient (Wildman–Crippen LogP) is 4.07. The highest BCUT2D eigenvalue weighted by Gasteiger charge is 2.24. The van der Waals surface area contributed by atoms with E-state index in [1.165, 1.54) is 64.2 Å². The van der Waals surface area contributed by atoms with Crippen LogP contribution in [0.3, 0.4) is 0 Å². The number of aliphatic hydroxyl groups excluding tert-OH is 1. The zero-order chi connectivity index (χ0) is 19.4. The second-order valence-corrected chi connectivity index (χ2v) is 7.75. The van der Waals surface area contributed by atoms with Crippen molar-refractivity contribution in [3.63, 3.8) is 0 Å². The smallest absolute Gasteiger partial charge is 0.0813 e. The third-order valence-corrected chi connectivity index (χ3v) is 5.17. The highest BCUT2D eigenvalue weighted by molar-refractivity contribution is 4.75. The van der Waals surface area contributed by atoms with Crippen molar-refractivity contribution in [3.8, 4) is 0 Å². The fourth-order valence-corrected chi connectivity index (χ4v) is 3.53. The molecule has 2 atom stereocenters. The first-order valence-electron chi connectivity index (χ1n) is 11.5. The molecule has 0 unspecified atom stereocenters. The van der Waals surface area contributed by atoms with Gasteiger partial charge in [0.05, 0.1) is 38.6 Å². The van der Waals surface area contributed by atoms with Crippen LogP contribution in [0.1, 0.15) is 84.0 Å². The Balaban J connectivity index is 1.79. The Kier molecular flexibility index (Phi) is 17.6. The Morgan fingerprint density at radius 1 is 0.815 bits per heavy atom. The molecule has 1 saturated heterocycles. The highest BCUT2D eigenvalue weighted by Crippen LogP contribution is 2.19. The summed E-state index contributed by atoms with van der Waals surface area (Å²) in [5.74, 6) is 0. The highest BCUT2D eigenvalue weighted by atomic mass is 16.5. The molecule has 5 heteroatoms. The first-order chi connectivity index (χ1) is 13.4. The van der Waals surface area contributed by atoms with Crippen molar-refractivity contribution in [3.05, 3.63) is 0 Å². The molecule has 2 N–H and O–H groups in total. The van der Waals surface area contributed by atoms with Crippen LogP contribution in [0, 0.1) is 0 Å². The molecule has 27 heavy (non-hydrogen) atoms. The fraction of sp³-hybridized carbons (Fsp3) is 1.00. The van der Waals surface area contributed by atoms with Gasteiger partial charge in [-0.05, 0) is 19.3 Å². The first-order valence-corrected chi connectivity index (χ1v) is 11.5. The molecule has 0 aromatic carbocycles. The van der Waals surface area contributed by atoms with Gasteiger partial charge in [0, 0.05) is 19.7 Å². The average molecular weight is 388 g/mol. The van der Waals surface area contributed by atoms with E-state index in [2.05, 4.69) is 12.2 Å². The number of unbranched alkanes of at least 4 members (excludes halogenated alkanes) is 9. The average Bonchev–Trinajstić information content (AvgIpc) is 3.13. The maximum absolute atomic E-state index is 8.63. The molecule has 0 spiro atoms. The summed E-state index contributed by atoms with van der Waals surface area (Å²) < 4.78 is 17.1. The van der Waals surface area contributed by atoms with Crippen molar-refractivity contribution in [2.24, 2.45) is 0 Å². The van der Waals surface area contributed by atoms with Gasteiger partial charge in [0.25, 0.3) is 0 Å². The van der Waals surface area contributed by atoms with Gasteiger partial charge < -0.3 is 24.6 Å². The fourth-order valence-electron chi connectivity index (χ4n) is 3.53. The van der Waals surface area contributed by atoms with E-state index in [0.29, 0.717) is 19.3 Å². The Morgan fingerprint density at radius 2 is 1.48 bits per heavy atom. The van der Waals surface area contributed by atoms with E-state index < -0.39 is 0 Å². The number of rotatable bonds is 20. The molecular weight excluding hydrogens is 342 g/mol. The van der Waals surface area contributed by atoms with Gasteiger partial charge in [-0.15, -0.1) is 0 Å². The number of nitrogens with one attached hydrogen (secondary N) is 1. The Bertz CT molecular complexity index is 304. The Hall–Kier alpha value is -0.200. The van der Waals surface area contributed by atoms with E-state index in [1.54, 1.807) is 0 Å². The molecule has 1 aliphatic heterocycles. The molecule has 5 nitrogen and oxygen atoms in total. The molecule has 1 heterocycles. The van der Waals surface area contributed by atoms with E-state index in [1.807, 2.05) is 0 Å². The summed E-state index contributed by atoms with van der Waals surface area (Å²) in [5.41, 5.74) is 0. The van der Waals surface area contributed by atoms with Crippen LogP contribution in [0.25, 0.3) is 0 Å². The molecule has 0 saturated carbocycles. The van der Waals surface area contributed by atoms with E-state index >= 15 is 0 Å². The van der Waals surface area contributed by atoms with Crippen molar-refractivity contribution in [1.29, 1.82) is 0 Å². The third-order valence-electron chi connectivity index (χ3n) is 5.17. The van der Waals surface area contributed by atoms with Crippen LogP contribution in [0.2, 0.25) is 0 Å². The summed E-state index contributed by atoms with van der Waals surface area (Å²) in [4.78, 5) is 0. The summed E-state index contributed by atoms with van der Waals surface area (Å²) in [6, 6.07) is 0. The lowest BCUT2D eigenvalue weighted by atomic mass is 10.1. The minimum atomic E-state index is 0.0898. The summed E-state index contributed by atoms with van der Waals surface area (Å²) in [7, 11) is 0. The molecule has 1 aliphatic rings. The molecular formula is C22H45NO4. The van der Waals surface area contributed by atoms with Crippen LogP contribution >= 0.6 is 0 Å². The monoisotopic (exact) mass is 387 g/mol. The van der Waals surface area contributed by atoms with Crippen molar-refractivity contribution in [2.75, 3.05) is 46.1 Å². The number of aliphatic hydroxyl groups is 1. The van der Waals surface area contributed by atoms with Gasteiger partial charge in [0.15, 0.2) is 0 Å². The van der Waals surface area contributed by atoms with Crippen molar-refractivity contribution >= 4 is 0 Å². The van der Waals surface area contributed by atoms with Crippen molar-refractivity contribution in [2.45, 2.75) is 96.2 Å². The van der Waals surface area contributed by atoms with Gasteiger partial charge in [-0.1, -0.05) is 64.7 Å². The summed E-state index contributed by atoms with van der Waals surface area (Å²) in [6.07, 6.45) is 16.4. The lowest BCUT2D eigenvalue weighted by molar-refractivity contribution is -0.0154. The molecule has 0 aromatic heterocycles. The third kappa shape index (κ3) is 15.4. The maximum atomic E-state index is 8.63. The molecule has 0 aliphatic carbocycles. The van der Waals surface area contributed by atoms with Crippen LogP contribution in [0.5, 0.6) is 0 Å². The maximum Gasteiger partial charge on any atom is 0.0813 e. The number of hydrogen-bond donors (Lipinski definition) is 2. The minimum absolute atomic E-state index is 0.0898. The lowest BCUT2D eigenvalue weighted by Gasteiger charge is -2.15. The van der Waals surface area contributed by atoms with Gasteiger partial charge >= 0.3 is 0 Å². The summed E-state index contributed by atoms with van der Waals surface area (Å²) >= 11 is 0. The Labute approximate surface area is 167 Å². The molecule has 0 aromatic rings. The molecule has 1 rings (SSSR count). The van der Waals surface area contributed by atoms with Gasteiger partial charge in [-0.25, -0.2) is 0 Å². The lowest BCUT2D eigenvalue weighted by Crippen LogP contribution is -2.30. The van der Waals surface area contributed by atoms with Crippen LogP contribution in [0.4, 0.5) is 0 Å². The molecule has 0 bridgehead atoms. The van der Waals surface area contributed by atoms with Crippen LogP contribution in [-0.4, -0.2) is 63.4 Å². The van der Waals surface area contributed by atoms with Gasteiger partial charge in [0.2, 0.25) is 0 Å². The summed E-state index contributed by atoms with van der Waals surface area (Å²) in [5, 5.41) is 12.0. The number of ether oxygens (including phenoxy) is 3. The van der Waals surface area contributed by atoms with E-state index in [0.717, 1.165) is 39.1 Å². The Morgan fingerprint density at radius 3 is 2.19 bits per heavy atom. The second-order valence-electron chi connectivity index (χ2n) is 7.75. The second kappa shape index (κ2) is 19.1. The SMILES string of the molecule is CCCCCCCCCCCCOC[C@H]1CC[C@@H](CNCCOCCO)O1. The van der Waals surface area contributed by atoms with Crippen molar-refractivity contribution in [1.82, 2.24) is 5.32 Å². The zero-order valence-corrected chi connectivity index (χ0v) is 17.8. The van der Waals surface area contributed by atoms with Gasteiger partial charge in [-0.2, -0.15) is 0 Å². The first kappa shape index (κ1) is 24.8. The van der Waals surface area contributed by atoms with E-state index in [9.17, 15) is 0 Å². The van der Waals surface area contributed by atoms with Crippen LogP contribution in [-0.2, 0) is 14.2 Å². The van der Waals surface area contributed by atoms with E-state index in [-0.39, 0.29) is 12.7 Å². The summed E-state index contributed by atoms with van der Waals surface area (Å²) in [6.45, 7) is 6.72. The molecule has 0 amide bonds.